The first-order valence-corrected chi connectivity index (χ1v) is 9.38. The van der Waals surface area contributed by atoms with Crippen molar-refractivity contribution in [3.05, 3.63) is 11.6 Å². The van der Waals surface area contributed by atoms with Gasteiger partial charge in [0.05, 0.1) is 0 Å². The lowest BCUT2D eigenvalue weighted by Crippen LogP contribution is -2.46. The molecule has 1 fully saturated rings. The summed E-state index contributed by atoms with van der Waals surface area (Å²) in [5.74, 6) is 3.47. The monoisotopic (exact) mass is 334 g/mol. The fourth-order valence-electron chi connectivity index (χ4n) is 3.02. The Morgan fingerprint density at radius 1 is 1.21 bits per heavy atom. The van der Waals surface area contributed by atoms with Gasteiger partial charge in [-0.3, -0.25) is 0 Å². The SMILES string of the molecule is Cc1nnc(CN=C(NC(C)CCC(C)C)NC2CCCC2)n1C. The molecule has 1 saturated carbocycles. The summed E-state index contributed by atoms with van der Waals surface area (Å²) >= 11 is 0. The van der Waals surface area contributed by atoms with Crippen LogP contribution in [0, 0.1) is 12.8 Å². The third kappa shape index (κ3) is 5.80. The topological polar surface area (TPSA) is 67.1 Å². The number of aliphatic imine (C=N–C) groups is 1. The number of hydrogen-bond acceptors (Lipinski definition) is 3. The van der Waals surface area contributed by atoms with Crippen LogP contribution in [0.3, 0.4) is 0 Å². The highest BCUT2D eigenvalue weighted by molar-refractivity contribution is 5.80. The standard InChI is InChI=1S/C18H34N6/c1-13(2)10-11-14(3)20-18(21-16-8-6-7-9-16)19-12-17-23-22-15(4)24(17)5/h13-14,16H,6-12H2,1-5H3,(H2,19,20,21). The molecule has 1 aliphatic carbocycles. The van der Waals surface area contributed by atoms with Crippen LogP contribution in [0.15, 0.2) is 4.99 Å². The first-order valence-electron chi connectivity index (χ1n) is 9.38. The highest BCUT2D eigenvalue weighted by atomic mass is 15.3. The lowest BCUT2D eigenvalue weighted by molar-refractivity contribution is 0.484. The Balaban J connectivity index is 1.98. The molecule has 0 amide bonds. The Bertz CT molecular complexity index is 528. The Morgan fingerprint density at radius 3 is 2.50 bits per heavy atom. The zero-order valence-corrected chi connectivity index (χ0v) is 16.0. The molecule has 2 rings (SSSR count). The maximum absolute atomic E-state index is 4.77. The van der Waals surface area contributed by atoms with E-state index in [2.05, 4.69) is 41.6 Å². The molecule has 2 N–H and O–H groups in total. The van der Waals surface area contributed by atoms with Gasteiger partial charge in [0, 0.05) is 19.1 Å². The van der Waals surface area contributed by atoms with Crippen molar-refractivity contribution in [2.75, 3.05) is 0 Å². The molecule has 1 aromatic rings. The van der Waals surface area contributed by atoms with Crippen LogP contribution in [0.1, 0.15) is 70.9 Å². The molecule has 0 spiro atoms. The third-order valence-electron chi connectivity index (χ3n) is 4.82. The zero-order chi connectivity index (χ0) is 17.5. The van der Waals surface area contributed by atoms with Crippen molar-refractivity contribution >= 4 is 5.96 Å². The normalized spacial score (nSPS) is 17.5. The fraction of sp³-hybridized carbons (Fsp3) is 0.833. The van der Waals surface area contributed by atoms with Crippen LogP contribution < -0.4 is 10.6 Å². The lowest BCUT2D eigenvalue weighted by atomic mass is 10.0. The maximum atomic E-state index is 4.77. The Hall–Kier alpha value is -1.59. The van der Waals surface area contributed by atoms with E-state index in [1.54, 1.807) is 0 Å². The van der Waals surface area contributed by atoms with E-state index in [1.807, 2.05) is 18.5 Å². The Labute approximate surface area is 146 Å². The van der Waals surface area contributed by atoms with Crippen LogP contribution in [-0.4, -0.2) is 32.8 Å². The van der Waals surface area contributed by atoms with Crippen molar-refractivity contribution in [3.63, 3.8) is 0 Å². The van der Waals surface area contributed by atoms with Gasteiger partial charge in [-0.15, -0.1) is 10.2 Å². The molecule has 1 atom stereocenters. The number of hydrogen-bond donors (Lipinski definition) is 2. The largest absolute Gasteiger partial charge is 0.354 e. The van der Waals surface area contributed by atoms with Crippen LogP contribution in [0.2, 0.25) is 0 Å². The molecule has 0 bridgehead atoms. The summed E-state index contributed by atoms with van der Waals surface area (Å²) in [6.45, 7) is 9.30. The van der Waals surface area contributed by atoms with Gasteiger partial charge >= 0.3 is 0 Å². The van der Waals surface area contributed by atoms with E-state index >= 15 is 0 Å². The fourth-order valence-corrected chi connectivity index (χ4v) is 3.02. The Kier molecular flexibility index (Phi) is 7.06. The van der Waals surface area contributed by atoms with E-state index in [0.29, 0.717) is 18.6 Å². The van der Waals surface area contributed by atoms with Crippen molar-refractivity contribution in [1.29, 1.82) is 0 Å². The quantitative estimate of drug-likeness (QED) is 0.594. The maximum Gasteiger partial charge on any atom is 0.192 e. The summed E-state index contributed by atoms with van der Waals surface area (Å²) in [6, 6.07) is 0.969. The minimum Gasteiger partial charge on any atom is -0.354 e. The van der Waals surface area contributed by atoms with Gasteiger partial charge < -0.3 is 15.2 Å². The molecule has 1 aliphatic rings. The average molecular weight is 335 g/mol. The van der Waals surface area contributed by atoms with Gasteiger partial charge in [0.15, 0.2) is 11.8 Å². The molecule has 24 heavy (non-hydrogen) atoms. The van der Waals surface area contributed by atoms with Crippen molar-refractivity contribution < 1.29 is 0 Å². The summed E-state index contributed by atoms with van der Waals surface area (Å²) in [5.41, 5.74) is 0. The van der Waals surface area contributed by atoms with E-state index in [4.69, 9.17) is 4.99 Å². The number of aryl methyl sites for hydroxylation is 1. The highest BCUT2D eigenvalue weighted by Crippen LogP contribution is 2.17. The first kappa shape index (κ1) is 18.7. The van der Waals surface area contributed by atoms with Crippen molar-refractivity contribution in [1.82, 2.24) is 25.4 Å². The molecule has 136 valence electrons. The van der Waals surface area contributed by atoms with Crippen LogP contribution in [0.25, 0.3) is 0 Å². The summed E-state index contributed by atoms with van der Waals surface area (Å²) in [7, 11) is 1.99. The predicted molar refractivity (Wildman–Crippen MR) is 98.9 cm³/mol. The highest BCUT2D eigenvalue weighted by Gasteiger charge is 2.17. The molecule has 1 heterocycles. The predicted octanol–water partition coefficient (Wildman–Crippen LogP) is 2.93. The first-order chi connectivity index (χ1) is 11.5. The minimum atomic E-state index is 0.418. The van der Waals surface area contributed by atoms with E-state index in [-0.39, 0.29) is 0 Å². The van der Waals surface area contributed by atoms with Crippen molar-refractivity contribution in [3.8, 4) is 0 Å². The van der Waals surface area contributed by atoms with Gasteiger partial charge in [-0.25, -0.2) is 4.99 Å². The van der Waals surface area contributed by atoms with Crippen LogP contribution in [0.4, 0.5) is 0 Å². The van der Waals surface area contributed by atoms with Crippen LogP contribution >= 0.6 is 0 Å². The number of nitrogens with zero attached hydrogens (tertiary/aromatic N) is 4. The van der Waals surface area contributed by atoms with E-state index in [0.717, 1.165) is 29.9 Å². The third-order valence-corrected chi connectivity index (χ3v) is 4.82. The molecule has 0 aromatic carbocycles. The van der Waals surface area contributed by atoms with E-state index < -0.39 is 0 Å². The second-order valence-electron chi connectivity index (χ2n) is 7.53. The van der Waals surface area contributed by atoms with Gasteiger partial charge in [0.1, 0.15) is 12.4 Å². The molecule has 0 saturated heterocycles. The van der Waals surface area contributed by atoms with E-state index in [1.165, 1.54) is 32.1 Å². The number of rotatable bonds is 7. The van der Waals surface area contributed by atoms with Gasteiger partial charge in [-0.2, -0.15) is 0 Å². The zero-order valence-electron chi connectivity index (χ0n) is 16.0. The number of nitrogens with one attached hydrogen (secondary N) is 2. The molecule has 0 aliphatic heterocycles. The van der Waals surface area contributed by atoms with Gasteiger partial charge in [-0.05, 0) is 45.4 Å². The molecular formula is C18H34N6. The molecule has 1 aromatic heterocycles. The number of guanidine groups is 1. The van der Waals surface area contributed by atoms with Gasteiger partial charge in [-0.1, -0.05) is 26.7 Å². The molecular weight excluding hydrogens is 300 g/mol. The smallest absolute Gasteiger partial charge is 0.192 e. The second-order valence-corrected chi connectivity index (χ2v) is 7.53. The molecule has 6 nitrogen and oxygen atoms in total. The molecule has 6 heteroatoms. The van der Waals surface area contributed by atoms with Crippen LogP contribution in [0.5, 0.6) is 0 Å². The minimum absolute atomic E-state index is 0.418. The van der Waals surface area contributed by atoms with Crippen LogP contribution in [-0.2, 0) is 13.6 Å². The summed E-state index contributed by atoms with van der Waals surface area (Å²) in [4.78, 5) is 4.77. The lowest BCUT2D eigenvalue weighted by Gasteiger charge is -2.22. The second kappa shape index (κ2) is 9.04. The summed E-state index contributed by atoms with van der Waals surface area (Å²) in [5, 5.41) is 15.5. The number of aromatic nitrogens is 3. The van der Waals surface area contributed by atoms with Gasteiger partial charge in [0.25, 0.3) is 0 Å². The summed E-state index contributed by atoms with van der Waals surface area (Å²) in [6.07, 6.45) is 7.50. The van der Waals surface area contributed by atoms with Crippen molar-refractivity contribution in [2.45, 2.75) is 84.8 Å². The Morgan fingerprint density at radius 2 is 1.92 bits per heavy atom. The average Bonchev–Trinajstić information content (AvgIpc) is 3.15. The molecule has 1 unspecified atom stereocenters. The van der Waals surface area contributed by atoms with Crippen molar-refractivity contribution in [2.24, 2.45) is 18.0 Å². The summed E-state index contributed by atoms with van der Waals surface area (Å²) < 4.78 is 2.00. The van der Waals surface area contributed by atoms with E-state index in [9.17, 15) is 0 Å². The van der Waals surface area contributed by atoms with Gasteiger partial charge in [0.2, 0.25) is 0 Å². The molecule has 0 radical (unpaired) electrons.